The molecular formula is C14H20O3S. The van der Waals surface area contributed by atoms with Crippen molar-refractivity contribution in [3.63, 3.8) is 0 Å². The van der Waals surface area contributed by atoms with E-state index in [1.807, 2.05) is 23.9 Å². The molecule has 1 aliphatic rings. The van der Waals surface area contributed by atoms with Gasteiger partial charge in [0.15, 0.2) is 0 Å². The van der Waals surface area contributed by atoms with Crippen LogP contribution in [0.5, 0.6) is 5.75 Å². The zero-order valence-electron chi connectivity index (χ0n) is 10.9. The first-order chi connectivity index (χ1) is 8.72. The van der Waals surface area contributed by atoms with Crippen LogP contribution in [0.25, 0.3) is 0 Å². The lowest BCUT2D eigenvalue weighted by atomic mass is 10.1. The van der Waals surface area contributed by atoms with Gasteiger partial charge in [-0.15, -0.1) is 11.8 Å². The third kappa shape index (κ3) is 3.19. The molecule has 100 valence electrons. The van der Waals surface area contributed by atoms with Crippen molar-refractivity contribution in [1.82, 2.24) is 0 Å². The van der Waals surface area contributed by atoms with E-state index < -0.39 is 6.10 Å². The van der Waals surface area contributed by atoms with Crippen LogP contribution in [0, 0.1) is 0 Å². The van der Waals surface area contributed by atoms with Crippen molar-refractivity contribution < 1.29 is 14.6 Å². The van der Waals surface area contributed by atoms with Crippen molar-refractivity contribution >= 4 is 11.8 Å². The van der Waals surface area contributed by atoms with Crippen molar-refractivity contribution in [2.45, 2.75) is 36.0 Å². The molecule has 0 aliphatic carbocycles. The first kappa shape index (κ1) is 13.7. The van der Waals surface area contributed by atoms with E-state index in [2.05, 4.69) is 6.07 Å². The van der Waals surface area contributed by atoms with Crippen LogP contribution in [-0.4, -0.2) is 30.7 Å². The normalized spacial score (nSPS) is 18.6. The second-order valence-electron chi connectivity index (χ2n) is 4.48. The Balaban J connectivity index is 2.20. The highest BCUT2D eigenvalue weighted by Crippen LogP contribution is 2.38. The molecule has 2 rings (SSSR count). The maximum atomic E-state index is 9.93. The Morgan fingerprint density at radius 2 is 2.11 bits per heavy atom. The molecule has 0 spiro atoms. The maximum Gasteiger partial charge on any atom is 0.125 e. The van der Waals surface area contributed by atoms with Gasteiger partial charge in [0.2, 0.25) is 0 Å². The number of hydrogen-bond acceptors (Lipinski definition) is 4. The minimum atomic E-state index is -0.511. The van der Waals surface area contributed by atoms with Crippen molar-refractivity contribution in [3.05, 3.63) is 23.8 Å². The molecule has 0 saturated carbocycles. The van der Waals surface area contributed by atoms with Crippen molar-refractivity contribution in [1.29, 1.82) is 0 Å². The average Bonchev–Trinajstić information content (AvgIpc) is 2.39. The van der Waals surface area contributed by atoms with E-state index >= 15 is 0 Å². The average molecular weight is 268 g/mol. The van der Waals surface area contributed by atoms with Gasteiger partial charge >= 0.3 is 0 Å². The highest BCUT2D eigenvalue weighted by atomic mass is 32.2. The van der Waals surface area contributed by atoms with Crippen LogP contribution >= 0.6 is 11.8 Å². The molecule has 1 aliphatic heterocycles. The van der Waals surface area contributed by atoms with Crippen LogP contribution in [0.3, 0.4) is 0 Å². The molecule has 1 aromatic rings. The van der Waals surface area contributed by atoms with E-state index in [4.69, 9.17) is 9.47 Å². The van der Waals surface area contributed by atoms with Gasteiger partial charge in [0, 0.05) is 28.9 Å². The molecule has 1 aromatic carbocycles. The van der Waals surface area contributed by atoms with Gasteiger partial charge < -0.3 is 14.6 Å². The number of rotatable bonds is 4. The minimum absolute atomic E-state index is 0.511. The number of aliphatic hydroxyl groups is 1. The third-order valence-electron chi connectivity index (χ3n) is 3.13. The summed E-state index contributed by atoms with van der Waals surface area (Å²) in [6.07, 6.45) is 1.63. The third-order valence-corrected chi connectivity index (χ3v) is 4.54. The Labute approximate surface area is 112 Å². The van der Waals surface area contributed by atoms with Crippen molar-refractivity contribution in [3.8, 4) is 5.75 Å². The molecule has 0 unspecified atom stereocenters. The second kappa shape index (κ2) is 6.45. The van der Waals surface area contributed by atoms with Gasteiger partial charge in [-0.2, -0.15) is 0 Å². The van der Waals surface area contributed by atoms with E-state index in [-0.39, 0.29) is 0 Å². The van der Waals surface area contributed by atoms with Gasteiger partial charge in [0.25, 0.3) is 0 Å². The Morgan fingerprint density at radius 1 is 1.39 bits per heavy atom. The topological polar surface area (TPSA) is 38.7 Å². The molecule has 1 N–H and O–H groups in total. The predicted octanol–water partition coefficient (Wildman–Crippen LogP) is 3.02. The standard InChI is InChI=1S/C14H20O3S/c1-10(15)14-12(16-2)4-3-5-13(14)18-11-6-8-17-9-7-11/h3-5,10-11,15H,6-9H2,1-2H3/t10-/m0/s1. The van der Waals surface area contributed by atoms with E-state index in [0.717, 1.165) is 42.3 Å². The first-order valence-electron chi connectivity index (χ1n) is 6.31. The van der Waals surface area contributed by atoms with E-state index in [9.17, 15) is 5.11 Å². The molecule has 4 heteroatoms. The largest absolute Gasteiger partial charge is 0.496 e. The molecule has 3 nitrogen and oxygen atoms in total. The zero-order valence-corrected chi connectivity index (χ0v) is 11.7. The molecule has 1 saturated heterocycles. The van der Waals surface area contributed by atoms with Gasteiger partial charge in [0.05, 0.1) is 13.2 Å². The number of methoxy groups -OCH3 is 1. The molecule has 0 amide bonds. The van der Waals surface area contributed by atoms with E-state index in [0.29, 0.717) is 5.25 Å². The fourth-order valence-corrected chi connectivity index (χ4v) is 3.53. The summed E-state index contributed by atoms with van der Waals surface area (Å²) in [5.41, 5.74) is 0.900. The molecule has 18 heavy (non-hydrogen) atoms. The van der Waals surface area contributed by atoms with Crippen LogP contribution in [0.15, 0.2) is 23.1 Å². The number of aliphatic hydroxyl groups excluding tert-OH is 1. The summed E-state index contributed by atoms with van der Waals surface area (Å²) >= 11 is 1.83. The number of thioether (sulfide) groups is 1. The van der Waals surface area contributed by atoms with Crippen LogP contribution in [0.2, 0.25) is 0 Å². The quantitative estimate of drug-likeness (QED) is 0.911. The van der Waals surface area contributed by atoms with Gasteiger partial charge in [-0.25, -0.2) is 0 Å². The van der Waals surface area contributed by atoms with Gasteiger partial charge in [-0.3, -0.25) is 0 Å². The smallest absolute Gasteiger partial charge is 0.125 e. The second-order valence-corrected chi connectivity index (χ2v) is 5.82. The lowest BCUT2D eigenvalue weighted by Crippen LogP contribution is -2.17. The van der Waals surface area contributed by atoms with Gasteiger partial charge in [-0.05, 0) is 31.9 Å². The van der Waals surface area contributed by atoms with Crippen LogP contribution < -0.4 is 4.74 Å². The highest BCUT2D eigenvalue weighted by Gasteiger charge is 2.20. The molecule has 1 fully saturated rings. The number of hydrogen-bond donors (Lipinski definition) is 1. The molecule has 0 aromatic heterocycles. The number of ether oxygens (including phenoxy) is 2. The van der Waals surface area contributed by atoms with E-state index in [1.165, 1.54) is 0 Å². The lowest BCUT2D eigenvalue weighted by Gasteiger charge is -2.23. The summed E-state index contributed by atoms with van der Waals surface area (Å²) in [5, 5.41) is 10.5. The summed E-state index contributed by atoms with van der Waals surface area (Å²) in [6.45, 7) is 3.46. The van der Waals surface area contributed by atoms with E-state index in [1.54, 1.807) is 14.0 Å². The summed E-state index contributed by atoms with van der Waals surface area (Å²) < 4.78 is 10.7. The zero-order chi connectivity index (χ0) is 13.0. The SMILES string of the molecule is COc1cccc(SC2CCOCC2)c1[C@H](C)O. The van der Waals surface area contributed by atoms with Crippen LogP contribution in [-0.2, 0) is 4.74 Å². The first-order valence-corrected chi connectivity index (χ1v) is 7.19. The molecule has 0 radical (unpaired) electrons. The summed E-state index contributed by atoms with van der Waals surface area (Å²) in [4.78, 5) is 1.12. The Hall–Kier alpha value is -0.710. The van der Waals surface area contributed by atoms with Gasteiger partial charge in [0.1, 0.15) is 5.75 Å². The molecule has 1 heterocycles. The summed E-state index contributed by atoms with van der Waals surface area (Å²) in [7, 11) is 1.64. The lowest BCUT2D eigenvalue weighted by molar-refractivity contribution is 0.1000. The molecular weight excluding hydrogens is 248 g/mol. The van der Waals surface area contributed by atoms with Crippen LogP contribution in [0.4, 0.5) is 0 Å². The Bertz CT molecular complexity index is 387. The number of benzene rings is 1. The van der Waals surface area contributed by atoms with Crippen molar-refractivity contribution in [2.75, 3.05) is 20.3 Å². The summed E-state index contributed by atoms with van der Waals surface area (Å²) in [5.74, 6) is 0.766. The highest BCUT2D eigenvalue weighted by molar-refractivity contribution is 8.00. The minimum Gasteiger partial charge on any atom is -0.496 e. The summed E-state index contributed by atoms with van der Waals surface area (Å²) in [6, 6.07) is 5.94. The molecule has 0 bridgehead atoms. The fraction of sp³-hybridized carbons (Fsp3) is 0.571. The fourth-order valence-electron chi connectivity index (χ4n) is 2.19. The maximum absolute atomic E-state index is 9.93. The van der Waals surface area contributed by atoms with Crippen LogP contribution in [0.1, 0.15) is 31.4 Å². The van der Waals surface area contributed by atoms with Gasteiger partial charge in [-0.1, -0.05) is 6.07 Å². The molecule has 1 atom stereocenters. The monoisotopic (exact) mass is 268 g/mol. The van der Waals surface area contributed by atoms with Crippen molar-refractivity contribution in [2.24, 2.45) is 0 Å². The Kier molecular flexibility index (Phi) is 4.92. The Morgan fingerprint density at radius 3 is 2.72 bits per heavy atom. The predicted molar refractivity (Wildman–Crippen MR) is 73.3 cm³/mol.